The van der Waals surface area contributed by atoms with Crippen LogP contribution in [0.4, 0.5) is 19.0 Å². The van der Waals surface area contributed by atoms with E-state index in [-0.39, 0.29) is 16.7 Å². The fraction of sp³-hybridized carbons (Fsp3) is 0.312. The number of aliphatic carboxylic acids is 1. The molecule has 0 aliphatic carbocycles. The van der Waals surface area contributed by atoms with Crippen LogP contribution in [-0.2, 0) is 10.7 Å². The van der Waals surface area contributed by atoms with Gasteiger partial charge >= 0.3 is 5.92 Å². The molecule has 2 aromatic heterocycles. The van der Waals surface area contributed by atoms with Crippen LogP contribution in [0, 0.1) is 11.0 Å². The number of anilines is 1. The number of carboxylic acids is 1. The molecule has 0 aliphatic rings. The molecule has 25 heavy (non-hydrogen) atoms. The van der Waals surface area contributed by atoms with Crippen molar-refractivity contribution in [2.75, 3.05) is 11.9 Å². The molecule has 2 heterocycles. The topological polar surface area (TPSA) is 92.0 Å². The molecule has 2 aromatic rings. The number of nitrogens with zero attached hydrogens (tertiary/aromatic N) is 2. The van der Waals surface area contributed by atoms with Crippen LogP contribution in [0.25, 0.3) is 0 Å². The third-order valence-electron chi connectivity index (χ3n) is 3.66. The maximum absolute atomic E-state index is 14.4. The van der Waals surface area contributed by atoms with E-state index in [1.165, 1.54) is 19.1 Å². The molecule has 2 rings (SSSR count). The second-order valence-corrected chi connectivity index (χ2v) is 5.31. The molecule has 6 nitrogen and oxygen atoms in total. The van der Waals surface area contributed by atoms with Crippen molar-refractivity contribution in [3.63, 3.8) is 0 Å². The third kappa shape index (κ3) is 3.98. The Morgan fingerprint density at radius 2 is 2.12 bits per heavy atom. The summed E-state index contributed by atoms with van der Waals surface area (Å²) in [6, 6.07) is 4.70. The van der Waals surface area contributed by atoms with Crippen LogP contribution in [0.5, 0.6) is 0 Å². The zero-order chi connectivity index (χ0) is 18.6. The molecule has 1 N–H and O–H groups in total. The lowest BCUT2D eigenvalue weighted by Crippen LogP contribution is -2.41. The normalized spacial score (nSPS) is 12.6. The number of carboxylic acid groups (broad SMARTS) is 1. The van der Waals surface area contributed by atoms with Crippen molar-refractivity contribution < 1.29 is 27.8 Å². The fourth-order valence-electron chi connectivity index (χ4n) is 2.36. The Hall–Kier alpha value is -2.84. The summed E-state index contributed by atoms with van der Waals surface area (Å²) in [6.07, 6.45) is 2.11. The minimum absolute atomic E-state index is 0.0189. The van der Waals surface area contributed by atoms with Gasteiger partial charge in [0.05, 0.1) is 6.54 Å². The van der Waals surface area contributed by atoms with E-state index in [2.05, 4.69) is 10.3 Å². The Morgan fingerprint density at radius 1 is 1.40 bits per heavy atom. The van der Waals surface area contributed by atoms with Crippen molar-refractivity contribution in [3.8, 4) is 0 Å². The van der Waals surface area contributed by atoms with Gasteiger partial charge in [0, 0.05) is 35.8 Å². The molecule has 0 spiro atoms. The number of alkyl halides is 2. The summed E-state index contributed by atoms with van der Waals surface area (Å²) >= 11 is 0. The Balaban J connectivity index is 2.24. The van der Waals surface area contributed by atoms with Crippen molar-refractivity contribution in [2.24, 2.45) is 0 Å². The smallest absolute Gasteiger partial charge is 0.347 e. The predicted octanol–water partition coefficient (Wildman–Crippen LogP) is 1.30. The highest BCUT2D eigenvalue weighted by molar-refractivity contribution is 5.74. The first kappa shape index (κ1) is 18.5. The van der Waals surface area contributed by atoms with Gasteiger partial charge in [0.2, 0.25) is 0 Å². The summed E-state index contributed by atoms with van der Waals surface area (Å²) in [5, 5.41) is 24.6. The average Bonchev–Trinajstić information content (AvgIpc) is 2.56. The van der Waals surface area contributed by atoms with Crippen molar-refractivity contribution in [1.82, 2.24) is 4.98 Å². The summed E-state index contributed by atoms with van der Waals surface area (Å²) in [5.41, 5.74) is -1.01. The second kappa shape index (κ2) is 7.37. The van der Waals surface area contributed by atoms with Crippen LogP contribution >= 0.6 is 0 Å². The summed E-state index contributed by atoms with van der Waals surface area (Å²) < 4.78 is 42.7. The van der Waals surface area contributed by atoms with Gasteiger partial charge in [-0.25, -0.2) is 9.37 Å². The standard InChI is InChI=1S/C16H16F3N3O3/c1-2-10(15(23)24)11-6-7-20-14(13(11)17)21-9-16(18,19)12-5-3-4-8-22(12)25/h3-8,10H,2,9H2,1H3,(H,20,21)(H,23,24)/p-1. The number of pyridine rings is 2. The van der Waals surface area contributed by atoms with E-state index in [4.69, 9.17) is 0 Å². The highest BCUT2D eigenvalue weighted by Crippen LogP contribution is 2.28. The number of carbonyl (C=O) groups is 1. The van der Waals surface area contributed by atoms with Gasteiger partial charge in [-0.2, -0.15) is 13.5 Å². The molecule has 9 heteroatoms. The summed E-state index contributed by atoms with van der Waals surface area (Å²) in [7, 11) is 0. The first-order chi connectivity index (χ1) is 11.8. The average molecular weight is 354 g/mol. The zero-order valence-electron chi connectivity index (χ0n) is 13.2. The minimum atomic E-state index is -3.59. The van der Waals surface area contributed by atoms with Gasteiger partial charge < -0.3 is 20.4 Å². The predicted molar refractivity (Wildman–Crippen MR) is 80.0 cm³/mol. The minimum Gasteiger partial charge on any atom is -0.618 e. The quantitative estimate of drug-likeness (QED) is 0.598. The molecule has 0 radical (unpaired) electrons. The van der Waals surface area contributed by atoms with Crippen LogP contribution in [-0.4, -0.2) is 17.5 Å². The number of hydrogen-bond donors (Lipinski definition) is 1. The summed E-state index contributed by atoms with van der Waals surface area (Å²) in [4.78, 5) is 14.7. The lowest BCUT2D eigenvalue weighted by atomic mass is 9.97. The van der Waals surface area contributed by atoms with Gasteiger partial charge in [0.25, 0.3) is 5.69 Å². The number of halogens is 3. The maximum Gasteiger partial charge on any atom is 0.347 e. The van der Waals surface area contributed by atoms with Gasteiger partial charge in [-0.05, 0) is 18.6 Å². The molecule has 0 bridgehead atoms. The van der Waals surface area contributed by atoms with Crippen LogP contribution in [0.3, 0.4) is 0 Å². The number of aromatic nitrogens is 2. The van der Waals surface area contributed by atoms with E-state index >= 15 is 0 Å². The van der Waals surface area contributed by atoms with Gasteiger partial charge in [0.1, 0.15) is 0 Å². The number of carbonyl (C=O) groups excluding carboxylic acids is 1. The number of hydrogen-bond acceptors (Lipinski definition) is 5. The third-order valence-corrected chi connectivity index (χ3v) is 3.66. The molecular formula is C16H15F3N3O3-. The largest absolute Gasteiger partial charge is 0.618 e. The second-order valence-electron chi connectivity index (χ2n) is 5.31. The molecule has 0 amide bonds. The molecular weight excluding hydrogens is 339 g/mol. The molecule has 1 atom stereocenters. The molecule has 0 saturated carbocycles. The number of rotatable bonds is 7. The van der Waals surface area contributed by atoms with Crippen molar-refractivity contribution >= 4 is 11.8 Å². The first-order valence-corrected chi connectivity index (χ1v) is 7.43. The van der Waals surface area contributed by atoms with Crippen molar-refractivity contribution in [2.45, 2.75) is 25.2 Å². The molecule has 0 saturated heterocycles. The SMILES string of the molecule is CCC(C(=O)[O-])c1ccnc(NCC(F)(F)c2cccc[n+]2[O-])c1F. The Morgan fingerprint density at radius 3 is 2.72 bits per heavy atom. The van der Waals surface area contributed by atoms with Crippen molar-refractivity contribution in [1.29, 1.82) is 0 Å². The molecule has 1 unspecified atom stereocenters. The monoisotopic (exact) mass is 354 g/mol. The van der Waals surface area contributed by atoms with E-state index in [0.717, 1.165) is 24.5 Å². The number of nitrogens with one attached hydrogen (secondary N) is 1. The lowest BCUT2D eigenvalue weighted by molar-refractivity contribution is -0.624. The summed E-state index contributed by atoms with van der Waals surface area (Å²) in [6.45, 7) is 0.443. The van der Waals surface area contributed by atoms with Gasteiger partial charge in [0.15, 0.2) is 17.8 Å². The highest BCUT2D eigenvalue weighted by Gasteiger charge is 2.39. The van der Waals surface area contributed by atoms with E-state index in [1.54, 1.807) is 0 Å². The molecule has 0 aromatic carbocycles. The Labute approximate surface area is 141 Å². The van der Waals surface area contributed by atoms with Gasteiger partial charge in [-0.1, -0.05) is 6.92 Å². The molecule has 0 aliphatic heterocycles. The Kier molecular flexibility index (Phi) is 5.45. The Bertz CT molecular complexity index is 771. The van der Waals surface area contributed by atoms with Crippen LogP contribution in [0.1, 0.15) is 30.5 Å². The van der Waals surface area contributed by atoms with E-state index in [9.17, 15) is 28.3 Å². The molecule has 0 fully saturated rings. The van der Waals surface area contributed by atoms with E-state index in [1.807, 2.05) is 0 Å². The summed E-state index contributed by atoms with van der Waals surface area (Å²) in [5.74, 6) is -7.85. The van der Waals surface area contributed by atoms with Crippen LogP contribution in [0.2, 0.25) is 0 Å². The highest BCUT2D eigenvalue weighted by atomic mass is 19.3. The van der Waals surface area contributed by atoms with E-state index < -0.39 is 41.7 Å². The van der Waals surface area contributed by atoms with Crippen molar-refractivity contribution in [3.05, 3.63) is 58.9 Å². The maximum atomic E-state index is 14.4. The van der Waals surface area contributed by atoms with E-state index in [0.29, 0.717) is 0 Å². The molecule has 134 valence electrons. The fourth-order valence-corrected chi connectivity index (χ4v) is 2.36. The van der Waals surface area contributed by atoms with Gasteiger partial charge in [-0.3, -0.25) is 0 Å². The lowest BCUT2D eigenvalue weighted by Gasteiger charge is -2.20. The first-order valence-electron chi connectivity index (χ1n) is 7.43. The van der Waals surface area contributed by atoms with Gasteiger partial charge in [-0.15, -0.1) is 0 Å². The van der Waals surface area contributed by atoms with Crippen LogP contribution in [0.15, 0.2) is 36.7 Å². The van der Waals surface area contributed by atoms with Crippen LogP contribution < -0.4 is 15.2 Å². The zero-order valence-corrected chi connectivity index (χ0v) is 13.2.